The van der Waals surface area contributed by atoms with Crippen LogP contribution in [0.25, 0.3) is 0 Å². The lowest BCUT2D eigenvalue weighted by atomic mass is 10.3. The van der Waals surface area contributed by atoms with Crippen molar-refractivity contribution in [2.75, 3.05) is 6.61 Å². The summed E-state index contributed by atoms with van der Waals surface area (Å²) in [6.45, 7) is 3.88. The molecule has 0 aliphatic carbocycles. The van der Waals surface area contributed by atoms with E-state index < -0.39 is 5.97 Å². The Morgan fingerprint density at radius 3 is 2.85 bits per heavy atom. The molecule has 0 aliphatic heterocycles. The second kappa shape index (κ2) is 4.32. The van der Waals surface area contributed by atoms with Crippen molar-refractivity contribution in [3.05, 3.63) is 22.2 Å². The molecule has 0 bridgehead atoms. The first-order valence-corrected chi connectivity index (χ1v) is 4.61. The van der Waals surface area contributed by atoms with Crippen LogP contribution < -0.4 is 0 Å². The van der Waals surface area contributed by atoms with Crippen LogP contribution >= 0.6 is 15.9 Å². The number of carbonyl (C=O) groups excluding carboxylic acids is 1. The molecule has 0 radical (unpaired) electrons. The second-order valence-electron chi connectivity index (χ2n) is 2.38. The van der Waals surface area contributed by atoms with Crippen LogP contribution in [0, 0.1) is 6.92 Å². The Kier molecular flexibility index (Phi) is 3.36. The van der Waals surface area contributed by atoms with Crippen LogP contribution in [-0.2, 0) is 4.74 Å². The minimum atomic E-state index is -0.422. The molecule has 0 saturated heterocycles. The predicted molar refractivity (Wildman–Crippen MR) is 50.4 cm³/mol. The van der Waals surface area contributed by atoms with Crippen molar-refractivity contribution in [2.24, 2.45) is 0 Å². The molecular weight excluding hydrogens is 236 g/mol. The van der Waals surface area contributed by atoms with Gasteiger partial charge in [-0.3, -0.25) is 0 Å². The number of esters is 1. The Hall–Kier alpha value is -0.970. The van der Waals surface area contributed by atoms with Gasteiger partial charge in [0.25, 0.3) is 0 Å². The number of aromatic nitrogens is 2. The van der Waals surface area contributed by atoms with E-state index in [4.69, 9.17) is 4.74 Å². The van der Waals surface area contributed by atoms with Crippen LogP contribution in [0.2, 0.25) is 0 Å². The fourth-order valence-electron chi connectivity index (χ4n) is 0.842. The van der Waals surface area contributed by atoms with Crippen molar-refractivity contribution in [2.45, 2.75) is 13.8 Å². The van der Waals surface area contributed by atoms with E-state index >= 15 is 0 Å². The summed E-state index contributed by atoms with van der Waals surface area (Å²) in [6.07, 6.45) is 0. The molecule has 0 N–H and O–H groups in total. The number of hydrogen-bond acceptors (Lipinski definition) is 4. The van der Waals surface area contributed by atoms with Crippen LogP contribution in [0.5, 0.6) is 0 Å². The van der Waals surface area contributed by atoms with E-state index in [1.807, 2.05) is 0 Å². The van der Waals surface area contributed by atoms with Gasteiger partial charge >= 0.3 is 5.97 Å². The molecule has 1 aromatic rings. The number of halogens is 1. The van der Waals surface area contributed by atoms with Gasteiger partial charge in [-0.25, -0.2) is 14.8 Å². The standard InChI is InChI=1S/C8H9BrN2O2/c1-3-13-7(12)6-4-5(2)10-8(9)11-6/h4H,3H2,1-2H3. The van der Waals surface area contributed by atoms with Crippen molar-refractivity contribution < 1.29 is 9.53 Å². The average molecular weight is 245 g/mol. The molecular formula is C8H9BrN2O2. The van der Waals surface area contributed by atoms with Crippen LogP contribution in [0.15, 0.2) is 10.8 Å². The molecule has 0 saturated carbocycles. The number of rotatable bonds is 2. The first-order chi connectivity index (χ1) is 6.13. The summed E-state index contributed by atoms with van der Waals surface area (Å²) in [5, 5.41) is 0. The Balaban J connectivity index is 2.94. The predicted octanol–water partition coefficient (Wildman–Crippen LogP) is 1.72. The van der Waals surface area contributed by atoms with E-state index in [1.54, 1.807) is 19.9 Å². The highest BCUT2D eigenvalue weighted by Crippen LogP contribution is 2.07. The zero-order chi connectivity index (χ0) is 9.84. The lowest BCUT2D eigenvalue weighted by molar-refractivity contribution is 0.0519. The largest absolute Gasteiger partial charge is 0.461 e. The molecule has 0 amide bonds. The molecule has 0 fully saturated rings. The molecule has 0 unspecified atom stereocenters. The van der Waals surface area contributed by atoms with E-state index in [0.717, 1.165) is 5.69 Å². The highest BCUT2D eigenvalue weighted by atomic mass is 79.9. The third-order valence-corrected chi connectivity index (χ3v) is 1.67. The summed E-state index contributed by atoms with van der Waals surface area (Å²) in [7, 11) is 0. The van der Waals surface area contributed by atoms with Gasteiger partial charge in [-0.2, -0.15) is 0 Å². The first kappa shape index (κ1) is 10.1. The van der Waals surface area contributed by atoms with E-state index in [0.29, 0.717) is 11.3 Å². The molecule has 0 aliphatic rings. The highest BCUT2D eigenvalue weighted by Gasteiger charge is 2.09. The average Bonchev–Trinajstić information content (AvgIpc) is 2.03. The summed E-state index contributed by atoms with van der Waals surface area (Å²) in [4.78, 5) is 19.1. The zero-order valence-electron chi connectivity index (χ0n) is 7.37. The molecule has 13 heavy (non-hydrogen) atoms. The van der Waals surface area contributed by atoms with Crippen LogP contribution in [0.1, 0.15) is 23.1 Å². The van der Waals surface area contributed by atoms with Crippen molar-refractivity contribution >= 4 is 21.9 Å². The summed E-state index contributed by atoms with van der Waals surface area (Å²) < 4.78 is 5.19. The SMILES string of the molecule is CCOC(=O)c1cc(C)nc(Br)n1. The van der Waals surface area contributed by atoms with Crippen molar-refractivity contribution in [1.82, 2.24) is 9.97 Å². The van der Waals surface area contributed by atoms with Crippen LogP contribution in [0.3, 0.4) is 0 Å². The molecule has 0 aromatic carbocycles. The Morgan fingerprint density at radius 1 is 1.62 bits per heavy atom. The van der Waals surface area contributed by atoms with Gasteiger partial charge in [0.1, 0.15) is 0 Å². The summed E-state index contributed by atoms with van der Waals surface area (Å²) in [5.74, 6) is -0.422. The Labute approximate surface area is 84.5 Å². The maximum absolute atomic E-state index is 11.2. The number of ether oxygens (including phenoxy) is 1. The van der Waals surface area contributed by atoms with E-state index in [1.165, 1.54) is 0 Å². The van der Waals surface area contributed by atoms with E-state index in [-0.39, 0.29) is 5.69 Å². The summed E-state index contributed by atoms with van der Waals surface area (Å²) in [6, 6.07) is 1.59. The lowest BCUT2D eigenvalue weighted by Gasteiger charge is -2.01. The maximum atomic E-state index is 11.2. The highest BCUT2D eigenvalue weighted by molar-refractivity contribution is 9.10. The molecule has 4 nitrogen and oxygen atoms in total. The summed E-state index contributed by atoms with van der Waals surface area (Å²) in [5.41, 5.74) is 1.01. The normalized spacial score (nSPS) is 9.77. The van der Waals surface area contributed by atoms with Crippen molar-refractivity contribution in [3.8, 4) is 0 Å². The monoisotopic (exact) mass is 244 g/mol. The number of nitrogens with zero attached hydrogens (tertiary/aromatic N) is 2. The van der Waals surface area contributed by atoms with E-state index in [9.17, 15) is 4.79 Å². The first-order valence-electron chi connectivity index (χ1n) is 3.81. The Bertz CT molecular complexity index is 308. The fraction of sp³-hybridized carbons (Fsp3) is 0.375. The van der Waals surface area contributed by atoms with Gasteiger partial charge in [-0.15, -0.1) is 0 Å². The minimum absolute atomic E-state index is 0.279. The van der Waals surface area contributed by atoms with Crippen molar-refractivity contribution in [3.63, 3.8) is 0 Å². The molecule has 1 rings (SSSR count). The number of carbonyl (C=O) groups is 1. The smallest absolute Gasteiger partial charge is 0.357 e. The Morgan fingerprint density at radius 2 is 2.31 bits per heavy atom. The van der Waals surface area contributed by atoms with Gasteiger partial charge in [0.2, 0.25) is 0 Å². The van der Waals surface area contributed by atoms with Gasteiger partial charge in [0.15, 0.2) is 10.4 Å². The third kappa shape index (κ3) is 2.77. The van der Waals surface area contributed by atoms with Gasteiger partial charge in [-0.1, -0.05) is 0 Å². The quantitative estimate of drug-likeness (QED) is 0.588. The molecule has 0 atom stereocenters. The zero-order valence-corrected chi connectivity index (χ0v) is 8.96. The number of hydrogen-bond donors (Lipinski definition) is 0. The second-order valence-corrected chi connectivity index (χ2v) is 3.09. The fourth-order valence-corrected chi connectivity index (χ4v) is 1.31. The van der Waals surface area contributed by atoms with Crippen LogP contribution in [-0.4, -0.2) is 22.5 Å². The van der Waals surface area contributed by atoms with Gasteiger partial charge in [0.05, 0.1) is 6.61 Å². The topological polar surface area (TPSA) is 52.1 Å². The minimum Gasteiger partial charge on any atom is -0.461 e. The lowest BCUT2D eigenvalue weighted by Crippen LogP contribution is -2.08. The van der Waals surface area contributed by atoms with Gasteiger partial charge < -0.3 is 4.74 Å². The third-order valence-electron chi connectivity index (χ3n) is 1.31. The molecule has 1 aromatic heterocycles. The maximum Gasteiger partial charge on any atom is 0.357 e. The molecule has 5 heteroatoms. The van der Waals surface area contributed by atoms with Gasteiger partial charge in [-0.05, 0) is 35.8 Å². The van der Waals surface area contributed by atoms with Crippen molar-refractivity contribution in [1.29, 1.82) is 0 Å². The van der Waals surface area contributed by atoms with E-state index in [2.05, 4.69) is 25.9 Å². The molecule has 70 valence electrons. The molecule has 1 heterocycles. The summed E-state index contributed by atoms with van der Waals surface area (Å²) >= 11 is 3.10. The molecule has 0 spiro atoms. The number of aryl methyl sites for hydroxylation is 1. The van der Waals surface area contributed by atoms with Gasteiger partial charge in [0, 0.05) is 5.69 Å². The van der Waals surface area contributed by atoms with Crippen LogP contribution in [0.4, 0.5) is 0 Å².